The molecule has 0 aliphatic heterocycles. The van der Waals surface area contributed by atoms with Crippen molar-refractivity contribution in [2.75, 3.05) is 0 Å². The van der Waals surface area contributed by atoms with Gasteiger partial charge in [0.05, 0.1) is 0 Å². The molecule has 0 spiro atoms. The maximum atomic E-state index is 8.06. The van der Waals surface area contributed by atoms with Crippen molar-refractivity contribution in [2.24, 2.45) is 0 Å². The van der Waals surface area contributed by atoms with Gasteiger partial charge in [-0.2, -0.15) is 0 Å². The quantitative estimate of drug-likeness (QED) is 0.426. The second kappa shape index (κ2) is 41.0. The van der Waals surface area contributed by atoms with Gasteiger partial charge in [-0.25, -0.2) is 28.1 Å². The molecule has 0 fully saturated rings. The van der Waals surface area contributed by atoms with Crippen LogP contribution in [-0.4, -0.2) is 48.9 Å². The summed E-state index contributed by atoms with van der Waals surface area (Å²) in [6.45, 7) is 0. The fourth-order valence-electron chi connectivity index (χ4n) is 0. The monoisotopic (exact) mass is 307 g/mol. The van der Waals surface area contributed by atoms with Crippen molar-refractivity contribution < 1.29 is 38.4 Å². The van der Waals surface area contributed by atoms with Crippen LogP contribution in [0.25, 0.3) is 0 Å². The van der Waals surface area contributed by atoms with E-state index in [1.807, 2.05) is 0 Å². The predicted octanol–water partition coefficient (Wildman–Crippen LogP) is -4.22. The zero-order chi connectivity index (χ0) is 4.00. The molecule has 0 saturated carbocycles. The van der Waals surface area contributed by atoms with E-state index in [-0.39, 0.29) is 78.4 Å². The molecule has 0 unspecified atom stereocenters. The van der Waals surface area contributed by atoms with Crippen LogP contribution in [-0.2, 0) is 0 Å². The van der Waals surface area contributed by atoms with Crippen LogP contribution in [0.1, 0.15) is 0 Å². The second-order valence-corrected chi connectivity index (χ2v) is 0. The summed E-state index contributed by atoms with van der Waals surface area (Å²) in [5.41, 5.74) is 0. The molecule has 28 valence electrons. The first-order valence-corrected chi connectivity index (χ1v) is 1.26. The molecular weight excluding hydrogens is 308 g/mol. The first-order valence-electron chi connectivity index (χ1n) is 0.309. The molecule has 0 bridgehead atoms. The molecule has 0 saturated heterocycles. The molecule has 2 nitrogen and oxygen atoms in total. The van der Waals surface area contributed by atoms with E-state index in [0.717, 1.165) is 0 Å². The Kier molecular flexibility index (Phi) is 156. The number of hydrogen-bond donors (Lipinski definition) is 0. The molecule has 0 aliphatic rings. The van der Waals surface area contributed by atoms with Crippen molar-refractivity contribution in [3.8, 4) is 0 Å². The predicted molar refractivity (Wildman–Crippen MR) is 20.5 cm³/mol. The Hall–Kier alpha value is 3.26. The van der Waals surface area contributed by atoms with Crippen LogP contribution >= 0.6 is 28.1 Å². The molecule has 0 atom stereocenters. The van der Waals surface area contributed by atoms with Crippen LogP contribution in [0.3, 0.4) is 0 Å². The zero-order valence-corrected chi connectivity index (χ0v) is 12.1. The fraction of sp³-hybridized carbons (Fsp3) is 0. The summed E-state index contributed by atoms with van der Waals surface area (Å²) in [4.78, 5) is 0. The Morgan fingerprint density at radius 3 is 1.17 bits per heavy atom. The smallest absolute Gasteiger partial charge is 0.791 e. The molecule has 0 heterocycles. The van der Waals surface area contributed by atoms with Crippen LogP contribution in [0, 0.1) is 0 Å². The molecule has 0 aliphatic carbocycles. The van der Waals surface area contributed by atoms with Gasteiger partial charge >= 0.3 is 78.4 Å². The van der Waals surface area contributed by atoms with Crippen molar-refractivity contribution in [1.82, 2.24) is 0 Å². The number of rotatable bonds is 0. The Balaban J connectivity index is -0.00000000500. The van der Waals surface area contributed by atoms with Crippen LogP contribution in [0.15, 0.2) is 0 Å². The van der Waals surface area contributed by atoms with E-state index in [4.69, 9.17) is 8.86 Å². The fourth-order valence-corrected chi connectivity index (χ4v) is 0. The van der Waals surface area contributed by atoms with Crippen molar-refractivity contribution >= 4 is 77.0 Å². The zero-order valence-electron chi connectivity index (χ0n) is 3.28. The van der Waals surface area contributed by atoms with Crippen LogP contribution < -0.4 is 38.4 Å². The van der Waals surface area contributed by atoms with E-state index in [2.05, 4.69) is 11.9 Å². The Morgan fingerprint density at radius 2 is 1.17 bits per heavy atom. The van der Waals surface area contributed by atoms with Gasteiger partial charge in [-0.15, -0.1) is 0 Å². The largest absolute Gasteiger partial charge is 2.00 e. The Morgan fingerprint density at radius 1 is 1.17 bits per heavy atom. The molecule has 0 N–H and O–H groups in total. The van der Waals surface area contributed by atoms with Gasteiger partial charge in [0.25, 0.3) is 0 Å². The first-order chi connectivity index (χ1) is 2.00. The molecular formula is BaBrClNaO2+. The number of hydrogen-bond acceptors (Lipinski definition) is 2. The second-order valence-electron chi connectivity index (χ2n) is 0. The summed E-state index contributed by atoms with van der Waals surface area (Å²) in [6, 6.07) is 0. The van der Waals surface area contributed by atoms with Gasteiger partial charge in [0, 0.05) is 0 Å². The summed E-state index contributed by atoms with van der Waals surface area (Å²) >= 11 is 5.08. The third-order valence-corrected chi connectivity index (χ3v) is 0. The standard InChI is InChI=1S/Ba.BrO.ClO.Na/c;2*1-2;/q+2;2*-1;+1. The molecule has 0 amide bonds. The minimum absolute atomic E-state index is 0. The number of halogens is 2. The minimum Gasteiger partial charge on any atom is -0.791 e. The molecule has 0 radical (unpaired) electrons. The van der Waals surface area contributed by atoms with Gasteiger partial charge in [0.15, 0.2) is 0 Å². The summed E-state index contributed by atoms with van der Waals surface area (Å²) < 4.78 is 15.8. The third kappa shape index (κ3) is 26.8. The van der Waals surface area contributed by atoms with Crippen molar-refractivity contribution in [3.05, 3.63) is 0 Å². The van der Waals surface area contributed by atoms with E-state index in [0.29, 0.717) is 0 Å². The van der Waals surface area contributed by atoms with Gasteiger partial charge in [0.2, 0.25) is 0 Å². The maximum Gasteiger partial charge on any atom is 2.00 e. The summed E-state index contributed by atoms with van der Waals surface area (Å²) in [5, 5.41) is 0. The van der Waals surface area contributed by atoms with Crippen molar-refractivity contribution in [3.63, 3.8) is 0 Å². The maximum absolute atomic E-state index is 8.06. The van der Waals surface area contributed by atoms with E-state index < -0.39 is 0 Å². The topological polar surface area (TPSA) is 46.1 Å². The molecule has 6 heavy (non-hydrogen) atoms. The SMILES string of the molecule is [Ba+2].[Na+].[O-]Br.[O-]Cl. The Labute approximate surface area is 113 Å². The summed E-state index contributed by atoms with van der Waals surface area (Å²) in [6.07, 6.45) is 0. The van der Waals surface area contributed by atoms with Gasteiger partial charge in [-0.1, -0.05) is 0 Å². The van der Waals surface area contributed by atoms with E-state index in [1.165, 1.54) is 0 Å². The van der Waals surface area contributed by atoms with Gasteiger partial charge in [0.1, 0.15) is 0 Å². The van der Waals surface area contributed by atoms with E-state index >= 15 is 0 Å². The van der Waals surface area contributed by atoms with Crippen LogP contribution in [0.5, 0.6) is 0 Å². The molecule has 0 rings (SSSR count). The van der Waals surface area contributed by atoms with Gasteiger partial charge < -0.3 is 8.86 Å². The van der Waals surface area contributed by atoms with E-state index in [1.54, 1.807) is 16.3 Å². The van der Waals surface area contributed by atoms with Gasteiger partial charge in [-0.05, 0) is 0 Å². The normalized spacial score (nSPS) is 2.00. The van der Waals surface area contributed by atoms with Crippen LogP contribution in [0.4, 0.5) is 0 Å². The average Bonchev–Trinajstić information content (AvgIpc) is 1.50. The summed E-state index contributed by atoms with van der Waals surface area (Å²) in [7, 11) is 0. The molecule has 0 aromatic heterocycles. The first kappa shape index (κ1) is 22.8. The van der Waals surface area contributed by atoms with Crippen LogP contribution in [0.2, 0.25) is 0 Å². The minimum atomic E-state index is 0. The molecule has 6 heteroatoms. The van der Waals surface area contributed by atoms with Crippen molar-refractivity contribution in [2.45, 2.75) is 0 Å². The molecule has 0 aromatic rings. The van der Waals surface area contributed by atoms with E-state index in [9.17, 15) is 0 Å². The van der Waals surface area contributed by atoms with Crippen molar-refractivity contribution in [1.29, 1.82) is 0 Å². The Bertz CT molecular complexity index is 13.5. The molecule has 0 aromatic carbocycles. The third-order valence-electron chi connectivity index (χ3n) is 0. The van der Waals surface area contributed by atoms with Gasteiger partial charge in [-0.3, -0.25) is 0 Å². The average molecular weight is 308 g/mol. The summed E-state index contributed by atoms with van der Waals surface area (Å²) in [5.74, 6) is 0.